The van der Waals surface area contributed by atoms with Gasteiger partial charge in [0.25, 0.3) is 0 Å². The summed E-state index contributed by atoms with van der Waals surface area (Å²) in [5.41, 5.74) is 22.2. The van der Waals surface area contributed by atoms with Gasteiger partial charge >= 0.3 is 0 Å². The van der Waals surface area contributed by atoms with Gasteiger partial charge < -0.3 is 16.0 Å². The molecule has 0 saturated carbocycles. The van der Waals surface area contributed by atoms with Gasteiger partial charge in [0.15, 0.2) is 0 Å². The van der Waals surface area contributed by atoms with Crippen molar-refractivity contribution in [1.82, 2.24) is 4.57 Å². The Morgan fingerprint density at radius 2 is 1.62 bits per heavy atom. The lowest BCUT2D eigenvalue weighted by Crippen LogP contribution is -2.14. The summed E-state index contributed by atoms with van der Waals surface area (Å²) >= 11 is 0. The Morgan fingerprint density at radius 3 is 2.35 bits per heavy atom. The second-order valence-electron chi connectivity index (χ2n) is 9.84. The van der Waals surface area contributed by atoms with E-state index in [0.717, 1.165) is 11.3 Å². The highest BCUT2D eigenvalue weighted by molar-refractivity contribution is 6.15. The number of para-hydroxylation sites is 1. The monoisotopic (exact) mass is 483 g/mol. The van der Waals surface area contributed by atoms with Gasteiger partial charge in [0.1, 0.15) is 0 Å². The van der Waals surface area contributed by atoms with Gasteiger partial charge in [0.2, 0.25) is 0 Å². The van der Waals surface area contributed by atoms with Crippen molar-refractivity contribution < 1.29 is 0 Å². The summed E-state index contributed by atoms with van der Waals surface area (Å²) in [6.45, 7) is 10.1. The molecule has 4 N–H and O–H groups in total. The molecule has 6 rings (SSSR count). The summed E-state index contributed by atoms with van der Waals surface area (Å²) in [7, 11) is 0. The number of rotatable bonds is 3. The van der Waals surface area contributed by atoms with Crippen molar-refractivity contribution >= 4 is 27.5 Å². The molecule has 1 aromatic heterocycles. The Hall–Kier alpha value is -4.50. The van der Waals surface area contributed by atoms with Crippen molar-refractivity contribution in [3.63, 3.8) is 0 Å². The number of nitrogens with two attached hydrogens (primary N) is 2. The maximum atomic E-state index is 6.16. The fraction of sp³-hybridized carbons (Fsp3) is 0.118. The topological polar surface area (TPSA) is 57.0 Å². The molecule has 0 spiro atoms. The van der Waals surface area contributed by atoms with Crippen LogP contribution in [0.4, 0.5) is 0 Å². The second kappa shape index (κ2) is 9.51. The quantitative estimate of drug-likeness (QED) is 0.255. The Balaban J connectivity index is 0.000000514. The predicted octanol–water partition coefficient (Wildman–Crippen LogP) is 8.05. The molecule has 1 heterocycles. The third kappa shape index (κ3) is 3.84. The van der Waals surface area contributed by atoms with Gasteiger partial charge in [-0.05, 0) is 41.8 Å². The van der Waals surface area contributed by atoms with Gasteiger partial charge in [-0.3, -0.25) is 0 Å². The first kappa shape index (κ1) is 24.2. The van der Waals surface area contributed by atoms with Crippen LogP contribution in [0.25, 0.3) is 44.3 Å². The third-order valence-corrected chi connectivity index (χ3v) is 7.33. The minimum absolute atomic E-state index is 0.0457. The molecule has 5 aromatic rings. The maximum Gasteiger partial charge on any atom is 0.0622 e. The number of hydrogen-bond donors (Lipinski definition) is 2. The van der Waals surface area contributed by atoms with E-state index in [1.54, 1.807) is 6.08 Å². The number of allylic oxidation sites excluding steroid dienone is 3. The van der Waals surface area contributed by atoms with Gasteiger partial charge in [0, 0.05) is 39.2 Å². The minimum Gasteiger partial charge on any atom is -0.403 e. The molecule has 1 aliphatic carbocycles. The van der Waals surface area contributed by atoms with Crippen LogP contribution < -0.4 is 11.5 Å². The zero-order valence-electron chi connectivity index (χ0n) is 21.7. The van der Waals surface area contributed by atoms with Crippen LogP contribution >= 0.6 is 0 Å². The number of fused-ring (bicyclic) bond motifs is 7. The summed E-state index contributed by atoms with van der Waals surface area (Å²) in [4.78, 5) is 0. The van der Waals surface area contributed by atoms with E-state index in [2.05, 4.69) is 97.8 Å². The van der Waals surface area contributed by atoms with E-state index in [1.165, 1.54) is 50.3 Å². The molecule has 0 aliphatic heterocycles. The predicted molar refractivity (Wildman–Crippen MR) is 160 cm³/mol. The molecule has 37 heavy (non-hydrogen) atoms. The molecule has 3 heteroatoms. The van der Waals surface area contributed by atoms with Crippen LogP contribution in [0.1, 0.15) is 37.5 Å². The van der Waals surface area contributed by atoms with Crippen molar-refractivity contribution in [2.45, 2.75) is 26.2 Å². The van der Waals surface area contributed by atoms with E-state index in [0.29, 0.717) is 5.70 Å². The van der Waals surface area contributed by atoms with E-state index >= 15 is 0 Å². The molecule has 184 valence electrons. The van der Waals surface area contributed by atoms with Gasteiger partial charge in [-0.25, -0.2) is 0 Å². The fourth-order valence-electron chi connectivity index (χ4n) is 5.57. The largest absolute Gasteiger partial charge is 0.403 e. The van der Waals surface area contributed by atoms with E-state index in [9.17, 15) is 0 Å². The molecular weight excluding hydrogens is 450 g/mol. The normalized spacial score (nSPS) is 13.9. The van der Waals surface area contributed by atoms with Crippen LogP contribution in [0.2, 0.25) is 0 Å². The van der Waals surface area contributed by atoms with Gasteiger partial charge in [-0.15, -0.1) is 0 Å². The summed E-state index contributed by atoms with van der Waals surface area (Å²) in [5, 5.41) is 2.51. The number of hydrogen-bond acceptors (Lipinski definition) is 2. The van der Waals surface area contributed by atoms with Crippen molar-refractivity contribution in [2.75, 3.05) is 0 Å². The highest BCUT2D eigenvalue weighted by Crippen LogP contribution is 2.52. The van der Waals surface area contributed by atoms with Crippen LogP contribution in [-0.4, -0.2) is 4.57 Å². The lowest BCUT2D eigenvalue weighted by molar-refractivity contribution is 0.661. The van der Waals surface area contributed by atoms with Gasteiger partial charge in [-0.2, -0.15) is 0 Å². The van der Waals surface area contributed by atoms with Crippen LogP contribution in [0.15, 0.2) is 116 Å². The Bertz CT molecular complexity index is 1700. The molecular formula is C34H33N3. The number of benzene rings is 4. The smallest absolute Gasteiger partial charge is 0.0622 e. The van der Waals surface area contributed by atoms with Crippen LogP contribution in [0.3, 0.4) is 0 Å². The lowest BCUT2D eigenvalue weighted by atomic mass is 9.82. The summed E-state index contributed by atoms with van der Waals surface area (Å²) < 4.78 is 2.38. The van der Waals surface area contributed by atoms with Crippen molar-refractivity contribution in [3.05, 3.63) is 133 Å². The van der Waals surface area contributed by atoms with E-state index in [1.807, 2.05) is 31.2 Å². The van der Waals surface area contributed by atoms with E-state index in [4.69, 9.17) is 11.5 Å². The minimum atomic E-state index is -0.0457. The average molecular weight is 484 g/mol. The second-order valence-corrected chi connectivity index (χ2v) is 9.84. The third-order valence-electron chi connectivity index (χ3n) is 7.33. The van der Waals surface area contributed by atoms with E-state index in [-0.39, 0.29) is 5.41 Å². The first-order valence-electron chi connectivity index (χ1n) is 12.6. The Morgan fingerprint density at radius 1 is 0.865 bits per heavy atom. The van der Waals surface area contributed by atoms with Crippen LogP contribution in [-0.2, 0) is 5.41 Å². The molecule has 0 bridgehead atoms. The first-order chi connectivity index (χ1) is 17.9. The molecule has 4 aromatic carbocycles. The fourth-order valence-corrected chi connectivity index (χ4v) is 5.57. The SMILES string of the molecule is C=C/C=C\C.CC1(C)c2ccccc2-c2c1ccc1c3ccccc3n(-c3cccc(/C(N)=C/N)c3)c21. The van der Waals surface area contributed by atoms with Gasteiger partial charge in [0.05, 0.1) is 16.7 Å². The molecule has 0 radical (unpaired) electrons. The van der Waals surface area contributed by atoms with Crippen molar-refractivity contribution in [1.29, 1.82) is 0 Å². The molecule has 3 nitrogen and oxygen atoms in total. The highest BCUT2D eigenvalue weighted by Gasteiger charge is 2.37. The number of nitrogens with zero attached hydrogens (tertiary/aromatic N) is 1. The molecule has 0 atom stereocenters. The van der Waals surface area contributed by atoms with Crippen molar-refractivity contribution in [3.8, 4) is 16.8 Å². The van der Waals surface area contributed by atoms with Crippen molar-refractivity contribution in [2.24, 2.45) is 11.5 Å². The standard InChI is InChI=1S/C29H25N3.C5H8/c1-29(2)23-12-5-3-11-22(23)27-24(29)15-14-21-20-10-4-6-13-26(20)32(28(21)27)19-9-7-8-18(16-19)25(31)17-30;1-3-5-4-2/h3-17H,30-31H2,1-2H3;3-5H,1H2,2H3/b25-17-;5-4-. The summed E-state index contributed by atoms with van der Waals surface area (Å²) in [5.74, 6) is 0. The van der Waals surface area contributed by atoms with Crippen LogP contribution in [0.5, 0.6) is 0 Å². The molecule has 1 aliphatic rings. The summed E-state index contributed by atoms with van der Waals surface area (Å²) in [6, 6.07) is 30.4. The van der Waals surface area contributed by atoms with E-state index < -0.39 is 0 Å². The Kier molecular flexibility index (Phi) is 6.22. The maximum absolute atomic E-state index is 6.16. The highest BCUT2D eigenvalue weighted by atomic mass is 15.0. The van der Waals surface area contributed by atoms with Gasteiger partial charge in [-0.1, -0.05) is 105 Å². The Labute approximate surface area is 219 Å². The molecule has 0 saturated heterocycles. The first-order valence-corrected chi connectivity index (χ1v) is 12.6. The molecule has 0 fully saturated rings. The zero-order valence-corrected chi connectivity index (χ0v) is 21.7. The molecule has 0 amide bonds. The van der Waals surface area contributed by atoms with Crippen LogP contribution in [0, 0.1) is 0 Å². The molecule has 0 unspecified atom stereocenters. The lowest BCUT2D eigenvalue weighted by Gasteiger charge is -2.21. The average Bonchev–Trinajstić information content (AvgIpc) is 3.38. The summed E-state index contributed by atoms with van der Waals surface area (Å²) in [6.07, 6.45) is 7.04. The zero-order chi connectivity index (χ0) is 26.2. The number of aromatic nitrogens is 1.